The molecular weight excluding hydrogens is 118 g/mol. The first-order valence-electron chi connectivity index (χ1n) is 3.23. The van der Waals surface area contributed by atoms with Crippen molar-refractivity contribution in [3.63, 3.8) is 0 Å². The van der Waals surface area contributed by atoms with Crippen LogP contribution >= 0.6 is 0 Å². The van der Waals surface area contributed by atoms with Crippen molar-refractivity contribution in [2.45, 2.75) is 26.0 Å². The van der Waals surface area contributed by atoms with Crippen LogP contribution in [0, 0.1) is 0 Å². The van der Waals surface area contributed by atoms with Gasteiger partial charge < -0.3 is 10.0 Å². The van der Waals surface area contributed by atoms with E-state index in [9.17, 15) is 4.79 Å². The monoisotopic (exact) mass is 129 g/mol. The molecule has 0 radical (unpaired) electrons. The zero-order chi connectivity index (χ0) is 6.85. The lowest BCUT2D eigenvalue weighted by Gasteiger charge is -2.16. The minimum absolute atomic E-state index is 0.0741. The van der Waals surface area contributed by atoms with Gasteiger partial charge in [0.1, 0.15) is 6.23 Å². The van der Waals surface area contributed by atoms with E-state index >= 15 is 0 Å². The van der Waals surface area contributed by atoms with Gasteiger partial charge in [0.05, 0.1) is 0 Å². The number of aliphatic hydroxyl groups is 1. The van der Waals surface area contributed by atoms with Gasteiger partial charge in [0.25, 0.3) is 0 Å². The molecule has 1 aliphatic rings. The van der Waals surface area contributed by atoms with Gasteiger partial charge in [0.15, 0.2) is 0 Å². The molecule has 0 aromatic rings. The molecule has 1 heterocycles. The molecule has 0 aromatic heterocycles. The zero-order valence-electron chi connectivity index (χ0n) is 5.50. The predicted molar refractivity (Wildman–Crippen MR) is 32.6 cm³/mol. The van der Waals surface area contributed by atoms with Gasteiger partial charge in [-0.05, 0) is 6.92 Å². The second-order valence-electron chi connectivity index (χ2n) is 2.20. The summed E-state index contributed by atoms with van der Waals surface area (Å²) in [6.45, 7) is 2.49. The molecule has 0 saturated carbocycles. The molecule has 1 atom stereocenters. The molecule has 1 amide bonds. The fourth-order valence-electron chi connectivity index (χ4n) is 1.11. The summed E-state index contributed by atoms with van der Waals surface area (Å²) in [7, 11) is 0. The molecule has 1 fully saturated rings. The van der Waals surface area contributed by atoms with Crippen LogP contribution in [0.1, 0.15) is 19.8 Å². The lowest BCUT2D eigenvalue weighted by Crippen LogP contribution is -2.32. The lowest BCUT2D eigenvalue weighted by molar-refractivity contribution is -0.132. The van der Waals surface area contributed by atoms with Gasteiger partial charge in [-0.1, -0.05) is 0 Å². The fraction of sp³-hybridized carbons (Fsp3) is 0.833. The Morgan fingerprint density at radius 1 is 1.89 bits per heavy atom. The Hall–Kier alpha value is -0.570. The second kappa shape index (κ2) is 2.35. The summed E-state index contributed by atoms with van der Waals surface area (Å²) in [5.41, 5.74) is 0. The third-order valence-electron chi connectivity index (χ3n) is 1.64. The quantitative estimate of drug-likeness (QED) is 0.539. The molecule has 1 saturated heterocycles. The van der Waals surface area contributed by atoms with E-state index in [0.717, 1.165) is 0 Å². The van der Waals surface area contributed by atoms with Crippen molar-refractivity contribution in [2.75, 3.05) is 6.54 Å². The van der Waals surface area contributed by atoms with Gasteiger partial charge in [-0.25, -0.2) is 0 Å². The maximum absolute atomic E-state index is 10.8. The van der Waals surface area contributed by atoms with Crippen LogP contribution in [0.4, 0.5) is 0 Å². The van der Waals surface area contributed by atoms with E-state index in [1.165, 1.54) is 4.90 Å². The molecule has 3 heteroatoms. The standard InChI is InChI=1S/C6H11NO2/c1-2-7-5(8)3-4-6(7)9/h5,8H,2-4H2,1H3. The number of amides is 1. The van der Waals surface area contributed by atoms with E-state index in [4.69, 9.17) is 5.11 Å². The summed E-state index contributed by atoms with van der Waals surface area (Å²) in [6.07, 6.45) is 0.601. The van der Waals surface area contributed by atoms with Gasteiger partial charge in [0.2, 0.25) is 5.91 Å². The van der Waals surface area contributed by atoms with Crippen molar-refractivity contribution in [3.05, 3.63) is 0 Å². The Balaban J connectivity index is 2.55. The molecule has 0 aliphatic carbocycles. The van der Waals surface area contributed by atoms with Crippen LogP contribution in [0.25, 0.3) is 0 Å². The molecule has 1 aliphatic heterocycles. The number of aliphatic hydroxyl groups excluding tert-OH is 1. The lowest BCUT2D eigenvalue weighted by atomic mass is 10.4. The van der Waals surface area contributed by atoms with Crippen LogP contribution in [-0.4, -0.2) is 28.7 Å². The molecule has 0 spiro atoms. The highest BCUT2D eigenvalue weighted by Crippen LogP contribution is 2.14. The zero-order valence-corrected chi connectivity index (χ0v) is 5.50. The molecule has 1 unspecified atom stereocenters. The highest BCUT2D eigenvalue weighted by molar-refractivity contribution is 5.78. The first-order chi connectivity index (χ1) is 4.25. The normalized spacial score (nSPS) is 27.6. The summed E-state index contributed by atoms with van der Waals surface area (Å²) in [6, 6.07) is 0. The number of carbonyl (C=O) groups excluding carboxylic acids is 1. The third-order valence-corrected chi connectivity index (χ3v) is 1.64. The van der Waals surface area contributed by atoms with Crippen molar-refractivity contribution >= 4 is 5.91 Å². The molecule has 1 N–H and O–H groups in total. The predicted octanol–water partition coefficient (Wildman–Crippen LogP) is -0.0529. The van der Waals surface area contributed by atoms with Gasteiger partial charge in [0, 0.05) is 19.4 Å². The van der Waals surface area contributed by atoms with Crippen molar-refractivity contribution in [1.29, 1.82) is 0 Å². The summed E-state index contributed by atoms with van der Waals surface area (Å²) in [5.74, 6) is 0.0741. The second-order valence-corrected chi connectivity index (χ2v) is 2.20. The topological polar surface area (TPSA) is 40.5 Å². The van der Waals surface area contributed by atoms with Gasteiger partial charge in [-0.3, -0.25) is 4.79 Å². The van der Waals surface area contributed by atoms with Crippen molar-refractivity contribution in [1.82, 2.24) is 4.90 Å². The Kier molecular flexibility index (Phi) is 1.71. The fourth-order valence-corrected chi connectivity index (χ4v) is 1.11. The number of nitrogens with zero attached hydrogens (tertiary/aromatic N) is 1. The summed E-state index contributed by atoms with van der Waals surface area (Å²) < 4.78 is 0. The highest BCUT2D eigenvalue weighted by atomic mass is 16.3. The average molecular weight is 129 g/mol. The molecule has 9 heavy (non-hydrogen) atoms. The number of hydrogen-bond acceptors (Lipinski definition) is 2. The van der Waals surface area contributed by atoms with Gasteiger partial charge in [-0.15, -0.1) is 0 Å². The SMILES string of the molecule is CCN1C(=O)CCC1O. The number of rotatable bonds is 1. The van der Waals surface area contributed by atoms with Gasteiger partial charge >= 0.3 is 0 Å². The Bertz CT molecular complexity index is 124. The largest absolute Gasteiger partial charge is 0.374 e. The molecule has 52 valence electrons. The minimum Gasteiger partial charge on any atom is -0.374 e. The first-order valence-corrected chi connectivity index (χ1v) is 3.23. The Morgan fingerprint density at radius 3 is 2.78 bits per heavy atom. The molecule has 0 bridgehead atoms. The Labute approximate surface area is 54.3 Å². The van der Waals surface area contributed by atoms with Crippen LogP contribution in [0.2, 0.25) is 0 Å². The van der Waals surface area contributed by atoms with Crippen molar-refractivity contribution in [2.24, 2.45) is 0 Å². The van der Waals surface area contributed by atoms with E-state index in [-0.39, 0.29) is 5.91 Å². The van der Waals surface area contributed by atoms with Crippen molar-refractivity contribution in [3.8, 4) is 0 Å². The Morgan fingerprint density at radius 2 is 2.56 bits per heavy atom. The maximum atomic E-state index is 10.8. The molecular formula is C6H11NO2. The smallest absolute Gasteiger partial charge is 0.224 e. The first kappa shape index (κ1) is 6.55. The highest BCUT2D eigenvalue weighted by Gasteiger charge is 2.26. The summed E-state index contributed by atoms with van der Waals surface area (Å²) in [4.78, 5) is 12.3. The van der Waals surface area contributed by atoms with Crippen LogP contribution in [0.5, 0.6) is 0 Å². The molecule has 3 nitrogen and oxygen atoms in total. The average Bonchev–Trinajstić information content (AvgIpc) is 2.12. The number of likely N-dealkylation sites (tertiary alicyclic amines) is 1. The summed E-state index contributed by atoms with van der Waals surface area (Å²) in [5, 5.41) is 9.06. The minimum atomic E-state index is -0.512. The van der Waals surface area contributed by atoms with E-state index in [0.29, 0.717) is 19.4 Å². The maximum Gasteiger partial charge on any atom is 0.224 e. The van der Waals surface area contributed by atoms with Crippen LogP contribution in [0.3, 0.4) is 0 Å². The van der Waals surface area contributed by atoms with Gasteiger partial charge in [-0.2, -0.15) is 0 Å². The van der Waals surface area contributed by atoms with E-state index in [1.807, 2.05) is 6.92 Å². The number of carbonyl (C=O) groups is 1. The van der Waals surface area contributed by atoms with Crippen LogP contribution < -0.4 is 0 Å². The van der Waals surface area contributed by atoms with Crippen LogP contribution in [0.15, 0.2) is 0 Å². The number of hydrogen-bond donors (Lipinski definition) is 1. The van der Waals surface area contributed by atoms with Crippen LogP contribution in [-0.2, 0) is 4.79 Å². The molecule has 0 aromatic carbocycles. The van der Waals surface area contributed by atoms with E-state index in [2.05, 4.69) is 0 Å². The third kappa shape index (κ3) is 1.05. The van der Waals surface area contributed by atoms with Crippen molar-refractivity contribution < 1.29 is 9.90 Å². The van der Waals surface area contributed by atoms with E-state index in [1.54, 1.807) is 0 Å². The molecule has 1 rings (SSSR count). The van der Waals surface area contributed by atoms with E-state index < -0.39 is 6.23 Å². The summed E-state index contributed by atoms with van der Waals surface area (Å²) >= 11 is 0.